The number of aliphatic carboxylic acids is 1. The van der Waals surface area contributed by atoms with Crippen LogP contribution >= 0.6 is 0 Å². The molecule has 0 unspecified atom stereocenters. The van der Waals surface area contributed by atoms with E-state index < -0.39 is 12.0 Å². The van der Waals surface area contributed by atoms with Crippen molar-refractivity contribution in [2.75, 3.05) is 5.32 Å². The summed E-state index contributed by atoms with van der Waals surface area (Å²) in [5.74, 6) is 0.795. The number of aromatic nitrogens is 4. The number of nitrogens with zero attached hydrogens (tertiary/aromatic N) is 4. The lowest BCUT2D eigenvalue weighted by Crippen LogP contribution is -2.31. The van der Waals surface area contributed by atoms with Gasteiger partial charge < -0.3 is 14.9 Å². The average molecular weight is 528 g/mol. The van der Waals surface area contributed by atoms with Crippen molar-refractivity contribution in [1.29, 1.82) is 0 Å². The van der Waals surface area contributed by atoms with Crippen LogP contribution < -0.4 is 5.32 Å². The lowest BCUT2D eigenvalue weighted by molar-refractivity contribution is -0.137. The molecule has 8 nitrogen and oxygen atoms in total. The second-order valence-electron chi connectivity index (χ2n) is 10.9. The number of benzene rings is 2. The number of nitrogens with one attached hydrogen (secondary N) is 1. The molecule has 0 spiro atoms. The summed E-state index contributed by atoms with van der Waals surface area (Å²) in [7, 11) is 0. The monoisotopic (exact) mass is 527 g/mol. The van der Waals surface area contributed by atoms with Gasteiger partial charge >= 0.3 is 5.97 Å². The molecule has 39 heavy (non-hydrogen) atoms. The second-order valence-corrected chi connectivity index (χ2v) is 10.9. The number of carboxylic acids is 1. The molecule has 0 aliphatic carbocycles. The van der Waals surface area contributed by atoms with Crippen LogP contribution in [0.4, 0.5) is 5.69 Å². The Kier molecular flexibility index (Phi) is 9.07. The lowest BCUT2D eigenvalue weighted by Gasteiger charge is -2.20. The summed E-state index contributed by atoms with van der Waals surface area (Å²) < 4.78 is 5.37. The maximum atomic E-state index is 12.0. The molecule has 204 valence electrons. The molecular weight excluding hydrogens is 490 g/mol. The van der Waals surface area contributed by atoms with Crippen molar-refractivity contribution in [3.05, 3.63) is 77.9 Å². The third-order valence-corrected chi connectivity index (χ3v) is 6.66. The van der Waals surface area contributed by atoms with E-state index in [-0.39, 0.29) is 5.41 Å². The Morgan fingerprint density at radius 3 is 2.23 bits per heavy atom. The van der Waals surface area contributed by atoms with E-state index in [1.165, 1.54) is 18.4 Å². The molecule has 2 N–H and O–H groups in total. The van der Waals surface area contributed by atoms with Crippen LogP contribution in [0.15, 0.2) is 65.4 Å². The summed E-state index contributed by atoms with van der Waals surface area (Å²) in [5.41, 5.74) is 4.47. The Morgan fingerprint density at radius 1 is 0.923 bits per heavy atom. The largest absolute Gasteiger partial charge is 0.480 e. The first kappa shape index (κ1) is 28.0. The molecule has 0 aliphatic rings. The highest BCUT2D eigenvalue weighted by molar-refractivity contribution is 5.78. The molecule has 8 heteroatoms. The van der Waals surface area contributed by atoms with Crippen molar-refractivity contribution in [1.82, 2.24) is 20.1 Å². The highest BCUT2D eigenvalue weighted by atomic mass is 16.5. The quantitative estimate of drug-likeness (QED) is 0.195. The van der Waals surface area contributed by atoms with Crippen LogP contribution in [-0.4, -0.2) is 37.2 Å². The van der Waals surface area contributed by atoms with Crippen molar-refractivity contribution >= 4 is 11.7 Å². The van der Waals surface area contributed by atoms with Gasteiger partial charge in [0.15, 0.2) is 5.82 Å². The van der Waals surface area contributed by atoms with E-state index >= 15 is 0 Å². The number of hydrogen-bond donors (Lipinski definition) is 2. The molecule has 0 saturated carbocycles. The second kappa shape index (κ2) is 12.7. The number of unbranched alkanes of at least 4 members (excludes halogenated alkanes) is 3. The van der Waals surface area contributed by atoms with Gasteiger partial charge in [-0.1, -0.05) is 88.5 Å². The third kappa shape index (κ3) is 7.72. The average Bonchev–Trinajstić information content (AvgIpc) is 3.40. The lowest BCUT2D eigenvalue weighted by atomic mass is 9.87. The van der Waals surface area contributed by atoms with Crippen LogP contribution in [0.5, 0.6) is 0 Å². The summed E-state index contributed by atoms with van der Waals surface area (Å²) in [6.07, 6.45) is 9.09. The summed E-state index contributed by atoms with van der Waals surface area (Å²) >= 11 is 0. The van der Waals surface area contributed by atoms with Gasteiger partial charge in [0, 0.05) is 36.5 Å². The topological polar surface area (TPSA) is 114 Å². The highest BCUT2D eigenvalue weighted by Gasteiger charge is 2.19. The van der Waals surface area contributed by atoms with Gasteiger partial charge in [-0.05, 0) is 35.1 Å². The van der Waals surface area contributed by atoms with E-state index in [0.29, 0.717) is 29.5 Å². The van der Waals surface area contributed by atoms with Crippen molar-refractivity contribution in [3.63, 3.8) is 0 Å². The normalized spacial score (nSPS) is 12.3. The minimum Gasteiger partial charge on any atom is -0.480 e. The molecule has 0 bridgehead atoms. The summed E-state index contributed by atoms with van der Waals surface area (Å²) in [5, 5.41) is 17.0. The van der Waals surface area contributed by atoms with E-state index in [1.807, 2.05) is 48.5 Å². The fourth-order valence-electron chi connectivity index (χ4n) is 4.26. The molecule has 0 saturated heterocycles. The van der Waals surface area contributed by atoms with Gasteiger partial charge in [0.1, 0.15) is 6.04 Å². The van der Waals surface area contributed by atoms with Crippen LogP contribution in [0.2, 0.25) is 0 Å². The van der Waals surface area contributed by atoms with Crippen molar-refractivity contribution < 1.29 is 14.4 Å². The Labute approximate surface area is 229 Å². The maximum Gasteiger partial charge on any atom is 0.326 e. The molecule has 4 rings (SSSR count). The van der Waals surface area contributed by atoms with Gasteiger partial charge in [-0.15, -0.1) is 0 Å². The molecule has 2 aromatic carbocycles. The number of carboxylic acid groups (broad SMARTS) is 1. The van der Waals surface area contributed by atoms with Crippen LogP contribution in [0, 0.1) is 0 Å². The van der Waals surface area contributed by atoms with Crippen molar-refractivity contribution in [3.8, 4) is 22.8 Å². The maximum absolute atomic E-state index is 12.0. The molecule has 0 fully saturated rings. The SMILES string of the molecule is CCCCCCc1nc(-c2cnc(-c3ccc(C[C@H](Nc4ccc(C(C)(C)C)cc4)C(=O)O)cc3)nc2)no1. The van der Waals surface area contributed by atoms with E-state index in [9.17, 15) is 9.90 Å². The van der Waals surface area contributed by atoms with Gasteiger partial charge in [-0.25, -0.2) is 14.8 Å². The zero-order valence-corrected chi connectivity index (χ0v) is 23.1. The van der Waals surface area contributed by atoms with Gasteiger partial charge in [0.25, 0.3) is 0 Å². The number of hydrogen-bond acceptors (Lipinski definition) is 7. The van der Waals surface area contributed by atoms with Crippen LogP contribution in [-0.2, 0) is 23.1 Å². The number of aryl methyl sites for hydroxylation is 1. The number of carbonyl (C=O) groups is 1. The molecule has 0 aliphatic heterocycles. The van der Waals surface area contributed by atoms with E-state index in [0.717, 1.165) is 36.1 Å². The van der Waals surface area contributed by atoms with Crippen LogP contribution in [0.25, 0.3) is 22.8 Å². The van der Waals surface area contributed by atoms with Crippen molar-refractivity contribution in [2.24, 2.45) is 0 Å². The molecule has 4 aromatic rings. The fraction of sp³-hybridized carbons (Fsp3) is 0.387. The Bertz CT molecular complexity index is 1340. The van der Waals surface area contributed by atoms with Crippen molar-refractivity contribution in [2.45, 2.75) is 77.7 Å². The smallest absolute Gasteiger partial charge is 0.326 e. The van der Waals surface area contributed by atoms with Crippen LogP contribution in [0.1, 0.15) is 70.4 Å². The zero-order valence-electron chi connectivity index (χ0n) is 23.1. The van der Waals surface area contributed by atoms with Gasteiger partial charge in [-0.2, -0.15) is 4.98 Å². The molecule has 2 aromatic heterocycles. The van der Waals surface area contributed by atoms with E-state index in [1.54, 1.807) is 12.4 Å². The van der Waals surface area contributed by atoms with E-state index in [4.69, 9.17) is 4.52 Å². The third-order valence-electron chi connectivity index (χ3n) is 6.66. The van der Waals surface area contributed by atoms with Gasteiger partial charge in [0.2, 0.25) is 11.7 Å². The summed E-state index contributed by atoms with van der Waals surface area (Å²) in [4.78, 5) is 25.4. The summed E-state index contributed by atoms with van der Waals surface area (Å²) in [6.45, 7) is 8.64. The molecule has 0 amide bonds. The first-order valence-corrected chi connectivity index (χ1v) is 13.6. The number of rotatable bonds is 12. The minimum atomic E-state index is -0.900. The van der Waals surface area contributed by atoms with E-state index in [2.05, 4.69) is 53.1 Å². The predicted octanol–water partition coefficient (Wildman–Crippen LogP) is 6.72. The molecule has 0 radical (unpaired) electrons. The van der Waals surface area contributed by atoms with Gasteiger partial charge in [-0.3, -0.25) is 0 Å². The Morgan fingerprint density at radius 2 is 1.62 bits per heavy atom. The number of anilines is 1. The molecule has 2 heterocycles. The molecular formula is C31H37N5O3. The fourth-order valence-corrected chi connectivity index (χ4v) is 4.26. The Hall–Kier alpha value is -4.07. The minimum absolute atomic E-state index is 0.0423. The molecule has 1 atom stereocenters. The Balaban J connectivity index is 1.37. The zero-order chi connectivity index (χ0) is 27.8. The van der Waals surface area contributed by atoms with Crippen LogP contribution in [0.3, 0.4) is 0 Å². The summed E-state index contributed by atoms with van der Waals surface area (Å²) in [6, 6.07) is 14.8. The first-order valence-electron chi connectivity index (χ1n) is 13.6. The first-order chi connectivity index (χ1) is 18.7. The highest BCUT2D eigenvalue weighted by Crippen LogP contribution is 2.24. The standard InChI is InChI=1S/C31H37N5O3/c1-5-6-7-8-9-27-35-29(36-39-27)23-19-32-28(33-20-23)22-12-10-21(11-13-22)18-26(30(37)38)34-25-16-14-24(15-17-25)31(2,3)4/h10-17,19-20,26,34H,5-9,18H2,1-4H3,(H,37,38)/t26-/m0/s1. The predicted molar refractivity (Wildman–Crippen MR) is 152 cm³/mol. The van der Waals surface area contributed by atoms with Gasteiger partial charge in [0.05, 0.1) is 5.56 Å².